The molecular weight excluding hydrogens is 230 g/mol. The van der Waals surface area contributed by atoms with Crippen molar-refractivity contribution in [3.63, 3.8) is 0 Å². The zero-order valence-corrected chi connectivity index (χ0v) is 12.6. The third-order valence-corrected chi connectivity index (χ3v) is 5.44. The maximum absolute atomic E-state index is 9.56. The molecule has 1 aliphatic rings. The predicted molar refractivity (Wildman–Crippen MR) is 77.3 cm³/mol. The largest absolute Gasteiger partial charge is 0.395 e. The van der Waals surface area contributed by atoms with Crippen molar-refractivity contribution in [2.75, 3.05) is 6.61 Å². The Morgan fingerprint density at radius 3 is 2.47 bits per heavy atom. The Morgan fingerprint density at radius 2 is 2.00 bits per heavy atom. The molecule has 0 amide bonds. The molecule has 3 heteroatoms. The van der Waals surface area contributed by atoms with Crippen molar-refractivity contribution in [3.05, 3.63) is 0 Å². The van der Waals surface area contributed by atoms with E-state index in [9.17, 15) is 5.11 Å². The molecule has 0 radical (unpaired) electrons. The lowest BCUT2D eigenvalue weighted by Crippen LogP contribution is -2.46. The summed E-state index contributed by atoms with van der Waals surface area (Å²) in [6, 6.07) is 0.0646. The summed E-state index contributed by atoms with van der Waals surface area (Å²) >= 11 is 1.93. The van der Waals surface area contributed by atoms with Gasteiger partial charge in [0.05, 0.1) is 6.61 Å². The fourth-order valence-corrected chi connectivity index (χ4v) is 4.45. The van der Waals surface area contributed by atoms with Crippen molar-refractivity contribution >= 4 is 11.8 Å². The molecule has 0 saturated heterocycles. The molecule has 0 aliphatic heterocycles. The second kappa shape index (κ2) is 6.44. The van der Waals surface area contributed by atoms with Crippen LogP contribution in [-0.2, 0) is 0 Å². The van der Waals surface area contributed by atoms with Gasteiger partial charge in [-0.1, -0.05) is 40.5 Å². The minimum absolute atomic E-state index is 0.0646. The molecule has 2 nitrogen and oxygen atoms in total. The first-order valence-corrected chi connectivity index (χ1v) is 7.80. The summed E-state index contributed by atoms with van der Waals surface area (Å²) in [5.74, 6) is 0.839. The molecular formula is C14H29NOS. The van der Waals surface area contributed by atoms with Crippen LogP contribution in [0.5, 0.6) is 0 Å². The van der Waals surface area contributed by atoms with Gasteiger partial charge >= 0.3 is 0 Å². The van der Waals surface area contributed by atoms with Crippen LogP contribution in [0.4, 0.5) is 0 Å². The van der Waals surface area contributed by atoms with E-state index in [-0.39, 0.29) is 23.3 Å². The summed E-state index contributed by atoms with van der Waals surface area (Å²) in [6.45, 7) is 9.01. The lowest BCUT2D eigenvalue weighted by atomic mass is 9.85. The van der Waals surface area contributed by atoms with Crippen molar-refractivity contribution < 1.29 is 5.11 Å². The van der Waals surface area contributed by atoms with Gasteiger partial charge in [0.2, 0.25) is 0 Å². The van der Waals surface area contributed by atoms with Crippen LogP contribution in [0.15, 0.2) is 0 Å². The number of hydrogen-bond acceptors (Lipinski definition) is 3. The summed E-state index contributed by atoms with van der Waals surface area (Å²) in [7, 11) is 0. The van der Waals surface area contributed by atoms with E-state index in [0.29, 0.717) is 5.25 Å². The standard InChI is InChI=1S/C14H29NOS/c1-10-6-5-7-11(8-10)17-12(9-16)13(15)14(2,3)4/h10-13,16H,5-9,15H2,1-4H3. The van der Waals surface area contributed by atoms with Crippen molar-refractivity contribution in [1.82, 2.24) is 0 Å². The van der Waals surface area contributed by atoms with Crippen molar-refractivity contribution in [2.24, 2.45) is 17.1 Å². The van der Waals surface area contributed by atoms with Crippen molar-refractivity contribution in [1.29, 1.82) is 0 Å². The molecule has 0 aromatic rings. The second-order valence-electron chi connectivity index (χ2n) is 6.64. The Balaban J connectivity index is 2.51. The molecule has 102 valence electrons. The van der Waals surface area contributed by atoms with Crippen LogP contribution >= 0.6 is 11.8 Å². The van der Waals surface area contributed by atoms with Gasteiger partial charge in [0.15, 0.2) is 0 Å². The third-order valence-electron chi connectivity index (χ3n) is 3.84. The van der Waals surface area contributed by atoms with E-state index in [0.717, 1.165) is 5.92 Å². The van der Waals surface area contributed by atoms with Gasteiger partial charge in [-0.05, 0) is 24.2 Å². The van der Waals surface area contributed by atoms with E-state index in [1.807, 2.05) is 11.8 Å². The minimum atomic E-state index is 0.0646. The van der Waals surface area contributed by atoms with Gasteiger partial charge in [0, 0.05) is 16.5 Å². The molecule has 4 unspecified atom stereocenters. The maximum atomic E-state index is 9.56. The first kappa shape index (κ1) is 15.3. The molecule has 1 saturated carbocycles. The molecule has 1 rings (SSSR count). The average Bonchev–Trinajstić information content (AvgIpc) is 2.24. The van der Waals surface area contributed by atoms with Crippen LogP contribution in [0.2, 0.25) is 0 Å². The van der Waals surface area contributed by atoms with Gasteiger partial charge in [-0.2, -0.15) is 11.8 Å². The number of rotatable bonds is 4. The van der Waals surface area contributed by atoms with Crippen LogP contribution in [0.3, 0.4) is 0 Å². The smallest absolute Gasteiger partial charge is 0.0565 e. The van der Waals surface area contributed by atoms with E-state index >= 15 is 0 Å². The quantitative estimate of drug-likeness (QED) is 0.816. The molecule has 3 N–H and O–H groups in total. The highest BCUT2D eigenvalue weighted by atomic mass is 32.2. The lowest BCUT2D eigenvalue weighted by molar-refractivity contribution is 0.232. The highest BCUT2D eigenvalue weighted by molar-refractivity contribution is 8.00. The molecule has 17 heavy (non-hydrogen) atoms. The summed E-state index contributed by atoms with van der Waals surface area (Å²) in [5, 5.41) is 10.4. The van der Waals surface area contributed by atoms with Gasteiger partial charge in [0.25, 0.3) is 0 Å². The fraction of sp³-hybridized carbons (Fsp3) is 1.00. The first-order valence-electron chi connectivity index (χ1n) is 6.86. The van der Waals surface area contributed by atoms with Crippen molar-refractivity contribution in [3.8, 4) is 0 Å². The SMILES string of the molecule is CC1CCCC(SC(CO)C(N)C(C)(C)C)C1. The topological polar surface area (TPSA) is 46.2 Å². The zero-order valence-electron chi connectivity index (χ0n) is 11.8. The van der Waals surface area contributed by atoms with E-state index in [2.05, 4.69) is 27.7 Å². The average molecular weight is 259 g/mol. The number of hydrogen-bond donors (Lipinski definition) is 2. The summed E-state index contributed by atoms with van der Waals surface area (Å²) < 4.78 is 0. The van der Waals surface area contributed by atoms with Gasteiger partial charge in [-0.3, -0.25) is 0 Å². The van der Waals surface area contributed by atoms with E-state index < -0.39 is 0 Å². The zero-order chi connectivity index (χ0) is 13.1. The van der Waals surface area contributed by atoms with Gasteiger partial charge in [-0.15, -0.1) is 0 Å². The summed E-state index contributed by atoms with van der Waals surface area (Å²) in [6.07, 6.45) is 5.29. The number of aliphatic hydroxyl groups excluding tert-OH is 1. The maximum Gasteiger partial charge on any atom is 0.0565 e. The lowest BCUT2D eigenvalue weighted by Gasteiger charge is -2.36. The van der Waals surface area contributed by atoms with Gasteiger partial charge in [-0.25, -0.2) is 0 Å². The molecule has 1 fully saturated rings. The minimum Gasteiger partial charge on any atom is -0.395 e. The molecule has 0 heterocycles. The summed E-state index contributed by atoms with van der Waals surface area (Å²) in [4.78, 5) is 0. The molecule has 0 aromatic carbocycles. The normalized spacial score (nSPS) is 30.0. The molecule has 0 aromatic heterocycles. The van der Waals surface area contributed by atoms with Crippen LogP contribution in [0.1, 0.15) is 53.4 Å². The second-order valence-corrected chi connectivity index (χ2v) is 8.19. The molecule has 0 bridgehead atoms. The predicted octanol–water partition coefficient (Wildman–Crippen LogP) is 3.03. The van der Waals surface area contributed by atoms with Gasteiger partial charge in [0.1, 0.15) is 0 Å². The molecule has 4 atom stereocenters. The first-order chi connectivity index (χ1) is 7.84. The van der Waals surface area contributed by atoms with E-state index in [1.165, 1.54) is 25.7 Å². The molecule has 0 spiro atoms. The highest BCUT2D eigenvalue weighted by Crippen LogP contribution is 2.37. The van der Waals surface area contributed by atoms with Crippen molar-refractivity contribution in [2.45, 2.75) is 69.9 Å². The van der Waals surface area contributed by atoms with E-state index in [4.69, 9.17) is 5.73 Å². The Kier molecular flexibility index (Phi) is 5.81. The summed E-state index contributed by atoms with van der Waals surface area (Å²) in [5.41, 5.74) is 6.35. The highest BCUT2D eigenvalue weighted by Gasteiger charge is 2.31. The third kappa shape index (κ3) is 4.80. The Morgan fingerprint density at radius 1 is 1.35 bits per heavy atom. The Hall–Kier alpha value is 0.270. The van der Waals surface area contributed by atoms with Crippen LogP contribution in [-0.4, -0.2) is 28.3 Å². The fourth-order valence-electron chi connectivity index (χ4n) is 2.55. The van der Waals surface area contributed by atoms with Gasteiger partial charge < -0.3 is 10.8 Å². The Bertz CT molecular complexity index is 227. The van der Waals surface area contributed by atoms with Crippen LogP contribution in [0, 0.1) is 11.3 Å². The monoisotopic (exact) mass is 259 g/mol. The number of thioether (sulfide) groups is 1. The number of aliphatic hydroxyl groups is 1. The van der Waals surface area contributed by atoms with E-state index in [1.54, 1.807) is 0 Å². The molecule has 1 aliphatic carbocycles. The Labute approximate surface area is 111 Å². The van der Waals surface area contributed by atoms with Crippen LogP contribution in [0.25, 0.3) is 0 Å². The number of nitrogens with two attached hydrogens (primary N) is 1. The van der Waals surface area contributed by atoms with Crippen LogP contribution < -0.4 is 5.73 Å².